The number of aryl methyl sites for hydroxylation is 2. The highest BCUT2D eigenvalue weighted by Crippen LogP contribution is 2.35. The van der Waals surface area contributed by atoms with Gasteiger partial charge in [-0.3, -0.25) is 4.68 Å². The van der Waals surface area contributed by atoms with Crippen molar-refractivity contribution in [3.63, 3.8) is 0 Å². The van der Waals surface area contributed by atoms with E-state index in [1.54, 1.807) is 16.9 Å². The number of nitrogens with one attached hydrogen (secondary N) is 1. The average Bonchev–Trinajstić information content (AvgIpc) is 2.95. The molecule has 0 aliphatic rings. The second-order valence-electron chi connectivity index (χ2n) is 4.95. The van der Waals surface area contributed by atoms with Gasteiger partial charge >= 0.3 is 0 Å². The molecular formula is C15H15BrFN3O. The van der Waals surface area contributed by atoms with Crippen LogP contribution in [0.4, 0.5) is 4.39 Å². The maximum absolute atomic E-state index is 13.4. The van der Waals surface area contributed by atoms with Crippen LogP contribution in [-0.2, 0) is 7.05 Å². The Morgan fingerprint density at radius 3 is 2.81 bits per heavy atom. The molecule has 1 aromatic carbocycles. The van der Waals surface area contributed by atoms with Crippen molar-refractivity contribution < 1.29 is 8.81 Å². The van der Waals surface area contributed by atoms with E-state index in [-0.39, 0.29) is 11.9 Å². The van der Waals surface area contributed by atoms with Gasteiger partial charge in [0.25, 0.3) is 0 Å². The van der Waals surface area contributed by atoms with Gasteiger partial charge in [0, 0.05) is 18.0 Å². The molecule has 1 unspecified atom stereocenters. The van der Waals surface area contributed by atoms with Crippen LogP contribution < -0.4 is 5.32 Å². The molecule has 2 aromatic heterocycles. The first-order valence-corrected chi connectivity index (χ1v) is 7.35. The van der Waals surface area contributed by atoms with Crippen LogP contribution in [0, 0.1) is 12.7 Å². The molecule has 3 aromatic rings. The molecule has 4 nitrogen and oxygen atoms in total. The standard InChI is InChI=1S/C15H15BrFN3O/c1-8-10-6-9(17)4-5-12(10)21-15(8)13(18-2)14-11(16)7-19-20(14)3/h4-7,13,18H,1-3H3. The highest BCUT2D eigenvalue weighted by molar-refractivity contribution is 9.10. The minimum absolute atomic E-state index is 0.165. The molecule has 1 N–H and O–H groups in total. The zero-order valence-electron chi connectivity index (χ0n) is 11.9. The third-order valence-electron chi connectivity index (χ3n) is 3.70. The largest absolute Gasteiger partial charge is 0.459 e. The highest BCUT2D eigenvalue weighted by Gasteiger charge is 2.25. The summed E-state index contributed by atoms with van der Waals surface area (Å²) >= 11 is 3.51. The number of hydrogen-bond acceptors (Lipinski definition) is 3. The SMILES string of the molecule is CNC(c1oc2ccc(F)cc2c1C)c1c(Br)cnn1C. The smallest absolute Gasteiger partial charge is 0.134 e. The van der Waals surface area contributed by atoms with E-state index in [0.717, 1.165) is 26.9 Å². The van der Waals surface area contributed by atoms with Gasteiger partial charge in [0.15, 0.2) is 0 Å². The van der Waals surface area contributed by atoms with Crippen LogP contribution in [-0.4, -0.2) is 16.8 Å². The van der Waals surface area contributed by atoms with Crippen LogP contribution in [0.15, 0.2) is 33.3 Å². The van der Waals surface area contributed by atoms with E-state index >= 15 is 0 Å². The quantitative estimate of drug-likeness (QED) is 0.782. The Morgan fingerprint density at radius 2 is 2.19 bits per heavy atom. The molecule has 0 fully saturated rings. The number of fused-ring (bicyclic) bond motifs is 1. The van der Waals surface area contributed by atoms with Crippen molar-refractivity contribution in [3.05, 3.63) is 51.7 Å². The molecule has 0 bridgehead atoms. The first-order valence-electron chi connectivity index (χ1n) is 6.56. The summed E-state index contributed by atoms with van der Waals surface area (Å²) < 4.78 is 22.1. The molecule has 110 valence electrons. The number of furan rings is 1. The summed E-state index contributed by atoms with van der Waals surface area (Å²) in [7, 11) is 3.74. The fourth-order valence-electron chi connectivity index (χ4n) is 2.62. The molecule has 1 atom stereocenters. The van der Waals surface area contributed by atoms with Crippen molar-refractivity contribution in [2.75, 3.05) is 7.05 Å². The Labute approximate surface area is 130 Å². The third kappa shape index (κ3) is 2.28. The van der Waals surface area contributed by atoms with Crippen molar-refractivity contribution >= 4 is 26.9 Å². The fourth-order valence-corrected chi connectivity index (χ4v) is 3.20. The molecule has 0 aliphatic heterocycles. The van der Waals surface area contributed by atoms with Crippen LogP contribution >= 0.6 is 15.9 Å². The highest BCUT2D eigenvalue weighted by atomic mass is 79.9. The lowest BCUT2D eigenvalue weighted by Crippen LogP contribution is -2.21. The van der Waals surface area contributed by atoms with Gasteiger partial charge in [0.2, 0.25) is 0 Å². The summed E-state index contributed by atoms with van der Waals surface area (Å²) in [4.78, 5) is 0. The van der Waals surface area contributed by atoms with Gasteiger partial charge in [-0.15, -0.1) is 0 Å². The van der Waals surface area contributed by atoms with Crippen LogP contribution in [0.2, 0.25) is 0 Å². The van der Waals surface area contributed by atoms with Gasteiger partial charge in [0.05, 0.1) is 16.4 Å². The monoisotopic (exact) mass is 351 g/mol. The molecule has 3 rings (SSSR count). The van der Waals surface area contributed by atoms with E-state index in [0.29, 0.717) is 5.58 Å². The summed E-state index contributed by atoms with van der Waals surface area (Å²) in [5, 5.41) is 8.27. The summed E-state index contributed by atoms with van der Waals surface area (Å²) in [6, 6.07) is 4.40. The van der Waals surface area contributed by atoms with E-state index in [1.165, 1.54) is 12.1 Å². The fraction of sp³-hybridized carbons (Fsp3) is 0.267. The molecular weight excluding hydrogens is 337 g/mol. The Hall–Kier alpha value is -1.66. The molecule has 6 heteroatoms. The summed E-state index contributed by atoms with van der Waals surface area (Å²) in [5.41, 5.74) is 2.57. The van der Waals surface area contributed by atoms with Crippen LogP contribution in [0.3, 0.4) is 0 Å². The van der Waals surface area contributed by atoms with Gasteiger partial charge < -0.3 is 9.73 Å². The third-order valence-corrected chi connectivity index (χ3v) is 4.31. The Morgan fingerprint density at radius 1 is 1.43 bits per heavy atom. The molecule has 0 saturated heterocycles. The molecule has 0 amide bonds. The van der Waals surface area contributed by atoms with Gasteiger partial charge in [-0.1, -0.05) is 0 Å². The molecule has 2 heterocycles. The number of aromatic nitrogens is 2. The Bertz CT molecular complexity index is 789. The minimum Gasteiger partial charge on any atom is -0.459 e. The molecule has 0 radical (unpaired) electrons. The van der Waals surface area contributed by atoms with E-state index in [1.807, 2.05) is 21.0 Å². The molecule has 0 saturated carbocycles. The van der Waals surface area contributed by atoms with Gasteiger partial charge in [0.1, 0.15) is 23.2 Å². The molecule has 0 spiro atoms. The molecule has 0 aliphatic carbocycles. The topological polar surface area (TPSA) is 43.0 Å². The zero-order chi connectivity index (χ0) is 15.1. The van der Waals surface area contributed by atoms with E-state index in [9.17, 15) is 4.39 Å². The van der Waals surface area contributed by atoms with Crippen LogP contribution in [0.25, 0.3) is 11.0 Å². The van der Waals surface area contributed by atoms with Crippen molar-refractivity contribution in [2.24, 2.45) is 7.05 Å². The van der Waals surface area contributed by atoms with Gasteiger partial charge in [-0.25, -0.2) is 4.39 Å². The van der Waals surface area contributed by atoms with Crippen molar-refractivity contribution in [3.8, 4) is 0 Å². The van der Waals surface area contributed by atoms with Crippen molar-refractivity contribution in [1.29, 1.82) is 0 Å². The van der Waals surface area contributed by atoms with Gasteiger partial charge in [-0.05, 0) is 48.1 Å². The second-order valence-corrected chi connectivity index (χ2v) is 5.81. The normalized spacial score (nSPS) is 13.0. The van der Waals surface area contributed by atoms with E-state index in [4.69, 9.17) is 4.42 Å². The zero-order valence-corrected chi connectivity index (χ0v) is 13.5. The summed E-state index contributed by atoms with van der Waals surface area (Å²) in [6.45, 7) is 1.94. The van der Waals surface area contributed by atoms with Crippen molar-refractivity contribution in [2.45, 2.75) is 13.0 Å². The van der Waals surface area contributed by atoms with Crippen LogP contribution in [0.5, 0.6) is 0 Å². The van der Waals surface area contributed by atoms with Crippen molar-refractivity contribution in [1.82, 2.24) is 15.1 Å². The first kappa shape index (κ1) is 14.3. The van der Waals surface area contributed by atoms with Crippen LogP contribution in [0.1, 0.15) is 23.1 Å². The Kier molecular flexibility index (Phi) is 3.59. The lowest BCUT2D eigenvalue weighted by Gasteiger charge is -2.16. The van der Waals surface area contributed by atoms with Gasteiger partial charge in [-0.2, -0.15) is 5.10 Å². The second kappa shape index (κ2) is 5.27. The average molecular weight is 352 g/mol. The molecule has 21 heavy (non-hydrogen) atoms. The lowest BCUT2D eigenvalue weighted by molar-refractivity contribution is 0.469. The number of nitrogens with zero attached hydrogens (tertiary/aromatic N) is 2. The number of hydrogen-bond donors (Lipinski definition) is 1. The maximum atomic E-state index is 13.4. The summed E-state index contributed by atoms with van der Waals surface area (Å²) in [5.74, 6) is 0.503. The predicted octanol–water partition coefficient (Wildman–Crippen LogP) is 3.69. The van der Waals surface area contributed by atoms with E-state index in [2.05, 4.69) is 26.3 Å². The predicted molar refractivity (Wildman–Crippen MR) is 82.7 cm³/mol. The first-order chi connectivity index (χ1) is 10.0. The summed E-state index contributed by atoms with van der Waals surface area (Å²) in [6.07, 6.45) is 1.75. The maximum Gasteiger partial charge on any atom is 0.134 e. The lowest BCUT2D eigenvalue weighted by atomic mass is 10.1. The van der Waals surface area contributed by atoms with E-state index < -0.39 is 0 Å². The number of halogens is 2. The number of benzene rings is 1. The minimum atomic E-state index is -0.263. The number of rotatable bonds is 3. The Balaban J connectivity index is 2.20.